The molecule has 0 fully saturated rings. The molecule has 0 atom stereocenters. The third kappa shape index (κ3) is 3.24. The van der Waals surface area contributed by atoms with E-state index in [4.69, 9.17) is 4.11 Å². The summed E-state index contributed by atoms with van der Waals surface area (Å²) in [7, 11) is 0. The van der Waals surface area contributed by atoms with Gasteiger partial charge in [-0.05, 0) is 19.4 Å². The lowest BCUT2D eigenvalue weighted by Gasteiger charge is -2.03. The second kappa shape index (κ2) is 5.71. The molecule has 8 nitrogen and oxygen atoms in total. The predicted molar refractivity (Wildman–Crippen MR) is 66.8 cm³/mol. The fraction of sp³-hybridized carbons (Fsp3) is 0.300. The van der Waals surface area contributed by atoms with Crippen LogP contribution in [-0.2, 0) is 0 Å². The van der Waals surface area contributed by atoms with Crippen molar-refractivity contribution >= 4 is 22.8 Å². The van der Waals surface area contributed by atoms with Gasteiger partial charge in [0.15, 0.2) is 0 Å². The van der Waals surface area contributed by atoms with Crippen LogP contribution in [0, 0.1) is 20.2 Å². The first-order valence-electron chi connectivity index (χ1n) is 6.44. The van der Waals surface area contributed by atoms with E-state index in [0.29, 0.717) is 12.1 Å². The summed E-state index contributed by atoms with van der Waals surface area (Å²) in [4.78, 5) is 19.7. The average molecular weight is 255 g/mol. The highest BCUT2D eigenvalue weighted by molar-refractivity contribution is 5.82. The molecule has 0 aliphatic carbocycles. The quantitative estimate of drug-likeness (QED) is 0.494. The van der Waals surface area contributed by atoms with Crippen molar-refractivity contribution in [1.29, 1.82) is 0 Å². The van der Waals surface area contributed by atoms with Gasteiger partial charge in [0.25, 0.3) is 5.69 Å². The predicted octanol–water partition coefficient (Wildman–Crippen LogP) is 2.70. The molecular formula is C10H12N4O4. The monoisotopic (exact) mass is 255 g/mol. The average Bonchev–Trinajstić information content (AvgIpc) is 2.39. The molecule has 1 aromatic carbocycles. The normalized spacial score (nSPS) is 13.4. The van der Waals surface area contributed by atoms with Crippen molar-refractivity contribution in [2.75, 3.05) is 5.43 Å². The fourth-order valence-electron chi connectivity index (χ4n) is 0.926. The van der Waals surface area contributed by atoms with Crippen LogP contribution in [0.25, 0.3) is 0 Å². The summed E-state index contributed by atoms with van der Waals surface area (Å²) in [6.45, 7) is 3.43. The van der Waals surface area contributed by atoms with Crippen LogP contribution in [-0.4, -0.2) is 15.6 Å². The maximum absolute atomic E-state index is 11.0. The lowest BCUT2D eigenvalue weighted by molar-refractivity contribution is -0.393. The van der Waals surface area contributed by atoms with E-state index in [1.807, 2.05) is 0 Å². The Kier molecular flexibility index (Phi) is 3.02. The largest absolute Gasteiger partial charge is 0.301 e. The first-order chi connectivity index (χ1) is 9.72. The minimum Gasteiger partial charge on any atom is -0.272 e. The standard InChI is InChI=1S/C10H12N4O4/c1-3-7(2)11-12-9-5-4-8(13(15)16)6-10(9)14(17)18/h4-6,12H,3H2,1-2H3/b11-7-/i4D,5D,6D. The molecule has 8 heteroatoms. The molecule has 0 spiro atoms. The van der Waals surface area contributed by atoms with Gasteiger partial charge < -0.3 is 0 Å². The summed E-state index contributed by atoms with van der Waals surface area (Å²) in [5.41, 5.74) is 0.297. The molecule has 1 N–H and O–H groups in total. The summed E-state index contributed by atoms with van der Waals surface area (Å²) < 4.78 is 22.7. The minimum atomic E-state index is -1.08. The number of rotatable bonds is 5. The minimum absolute atomic E-state index is 0.506. The van der Waals surface area contributed by atoms with Crippen LogP contribution < -0.4 is 5.43 Å². The summed E-state index contributed by atoms with van der Waals surface area (Å²) >= 11 is 0. The smallest absolute Gasteiger partial charge is 0.272 e. The number of nitro groups is 2. The van der Waals surface area contributed by atoms with Crippen molar-refractivity contribution in [2.24, 2.45) is 5.10 Å². The van der Waals surface area contributed by atoms with Gasteiger partial charge in [-0.2, -0.15) is 5.10 Å². The molecule has 0 radical (unpaired) electrons. The fourth-order valence-corrected chi connectivity index (χ4v) is 0.926. The van der Waals surface area contributed by atoms with E-state index in [0.717, 1.165) is 0 Å². The maximum Gasteiger partial charge on any atom is 0.301 e. The van der Waals surface area contributed by atoms with Crippen molar-refractivity contribution in [1.82, 2.24) is 0 Å². The molecule has 0 aromatic heterocycles. The first-order valence-corrected chi connectivity index (χ1v) is 4.94. The van der Waals surface area contributed by atoms with E-state index < -0.39 is 45.0 Å². The third-order valence-corrected chi connectivity index (χ3v) is 2.01. The van der Waals surface area contributed by atoms with Gasteiger partial charge in [-0.25, -0.2) is 0 Å². The lowest BCUT2D eigenvalue weighted by atomic mass is 10.2. The molecule has 1 rings (SSSR count). The van der Waals surface area contributed by atoms with Gasteiger partial charge in [0.2, 0.25) is 0 Å². The zero-order chi connectivity index (χ0) is 16.3. The highest BCUT2D eigenvalue weighted by Gasteiger charge is 2.19. The maximum atomic E-state index is 11.0. The van der Waals surface area contributed by atoms with E-state index in [9.17, 15) is 20.2 Å². The Morgan fingerprint density at radius 1 is 1.44 bits per heavy atom. The van der Waals surface area contributed by atoms with Gasteiger partial charge in [0.1, 0.15) is 5.69 Å². The van der Waals surface area contributed by atoms with Gasteiger partial charge >= 0.3 is 5.69 Å². The number of hydrogen-bond donors (Lipinski definition) is 1. The molecule has 0 amide bonds. The number of nitrogens with zero attached hydrogens (tertiary/aromatic N) is 3. The van der Waals surface area contributed by atoms with Crippen LogP contribution in [0.15, 0.2) is 23.2 Å². The molecule has 96 valence electrons. The second-order valence-corrected chi connectivity index (χ2v) is 3.27. The summed E-state index contributed by atoms with van der Waals surface area (Å²) in [5.74, 6) is 0. The van der Waals surface area contributed by atoms with Crippen LogP contribution >= 0.6 is 0 Å². The van der Waals surface area contributed by atoms with Gasteiger partial charge in [-0.1, -0.05) is 6.92 Å². The molecule has 0 saturated heterocycles. The van der Waals surface area contributed by atoms with Gasteiger partial charge in [-0.15, -0.1) is 0 Å². The summed E-state index contributed by atoms with van der Waals surface area (Å²) in [5, 5.41) is 25.6. The molecule has 18 heavy (non-hydrogen) atoms. The van der Waals surface area contributed by atoms with E-state index in [2.05, 4.69) is 10.5 Å². The third-order valence-electron chi connectivity index (χ3n) is 2.01. The number of nitrogens with one attached hydrogen (secondary N) is 1. The Bertz CT molecular complexity index is 648. The Morgan fingerprint density at radius 3 is 2.61 bits per heavy atom. The number of hydrogen-bond acceptors (Lipinski definition) is 6. The number of anilines is 1. The Labute approximate surface area is 107 Å². The number of benzene rings is 1. The van der Waals surface area contributed by atoms with Crippen LogP contribution in [0.1, 0.15) is 24.4 Å². The SMILES string of the molecule is [2H]c1c([2H])c([N+](=O)[O-])c([2H])c([N+](=O)[O-])c1N/N=C(/C)CC. The highest BCUT2D eigenvalue weighted by atomic mass is 16.6. The molecule has 1 aromatic rings. The molecular weight excluding hydrogens is 240 g/mol. The van der Waals surface area contributed by atoms with E-state index in [1.54, 1.807) is 13.8 Å². The van der Waals surface area contributed by atoms with Crippen molar-refractivity contribution in [3.05, 3.63) is 38.4 Å². The summed E-state index contributed by atoms with van der Waals surface area (Å²) in [6.07, 6.45) is 0.544. The second-order valence-electron chi connectivity index (χ2n) is 3.27. The van der Waals surface area contributed by atoms with E-state index in [1.165, 1.54) is 0 Å². The Balaban J connectivity index is 3.64. The van der Waals surface area contributed by atoms with Gasteiger partial charge in [0, 0.05) is 11.8 Å². The van der Waals surface area contributed by atoms with Crippen molar-refractivity contribution < 1.29 is 14.0 Å². The van der Waals surface area contributed by atoms with Gasteiger partial charge in [-0.3, -0.25) is 25.7 Å². The molecule has 0 bridgehead atoms. The van der Waals surface area contributed by atoms with Crippen LogP contribution in [0.5, 0.6) is 0 Å². The zero-order valence-corrected chi connectivity index (χ0v) is 9.68. The number of nitro benzene ring substituents is 2. The van der Waals surface area contributed by atoms with Crippen LogP contribution in [0.3, 0.4) is 0 Å². The van der Waals surface area contributed by atoms with Crippen LogP contribution in [0.4, 0.5) is 17.1 Å². The Morgan fingerprint density at radius 2 is 2.11 bits per heavy atom. The summed E-state index contributed by atoms with van der Waals surface area (Å²) in [6, 6.07) is -2.66. The van der Waals surface area contributed by atoms with Gasteiger partial charge in [0.05, 0.1) is 20.0 Å². The molecule has 0 heterocycles. The molecule has 0 unspecified atom stereocenters. The topological polar surface area (TPSA) is 111 Å². The molecule has 0 aliphatic heterocycles. The van der Waals surface area contributed by atoms with Crippen molar-refractivity contribution in [2.45, 2.75) is 20.3 Å². The van der Waals surface area contributed by atoms with E-state index >= 15 is 0 Å². The number of hydrazone groups is 1. The zero-order valence-electron chi connectivity index (χ0n) is 12.7. The van der Waals surface area contributed by atoms with E-state index in [-0.39, 0.29) is 0 Å². The van der Waals surface area contributed by atoms with Crippen molar-refractivity contribution in [3.63, 3.8) is 0 Å². The highest BCUT2D eigenvalue weighted by Crippen LogP contribution is 2.28. The van der Waals surface area contributed by atoms with Crippen molar-refractivity contribution in [3.8, 4) is 0 Å². The lowest BCUT2D eigenvalue weighted by Crippen LogP contribution is -2.00. The van der Waals surface area contributed by atoms with Crippen LogP contribution in [0.2, 0.25) is 0 Å². The molecule has 0 saturated carbocycles. The Hall–Kier alpha value is -2.51. The first kappa shape index (κ1) is 9.51. The molecule has 0 aliphatic rings.